The van der Waals surface area contributed by atoms with E-state index in [0.29, 0.717) is 31.0 Å². The third-order valence-corrected chi connectivity index (χ3v) is 8.04. The van der Waals surface area contributed by atoms with Gasteiger partial charge in [0.2, 0.25) is 5.91 Å². The highest BCUT2D eigenvalue weighted by Gasteiger charge is 2.24. The topological polar surface area (TPSA) is 62.3 Å². The molecule has 0 aromatic heterocycles. The molecule has 1 aliphatic carbocycles. The molecule has 1 saturated heterocycles. The lowest BCUT2D eigenvalue weighted by atomic mass is 10.0. The van der Waals surface area contributed by atoms with E-state index in [1.165, 1.54) is 25.7 Å². The fourth-order valence-corrected chi connectivity index (χ4v) is 5.57. The molecule has 39 heavy (non-hydrogen) atoms. The molecule has 2 aromatic carbocycles. The summed E-state index contributed by atoms with van der Waals surface area (Å²) < 4.78 is 10.7. The highest BCUT2D eigenvalue weighted by molar-refractivity contribution is 5.94. The van der Waals surface area contributed by atoms with Gasteiger partial charge in [0.15, 0.2) is 0 Å². The van der Waals surface area contributed by atoms with Gasteiger partial charge in [0.1, 0.15) is 11.5 Å². The van der Waals surface area contributed by atoms with Gasteiger partial charge in [-0.15, -0.1) is 0 Å². The van der Waals surface area contributed by atoms with Crippen molar-refractivity contribution < 1.29 is 19.1 Å². The number of ether oxygens (including phenoxy) is 2. The molecule has 4 rings (SSSR count). The van der Waals surface area contributed by atoms with Crippen LogP contribution in [0, 0.1) is 5.92 Å². The summed E-state index contributed by atoms with van der Waals surface area (Å²) in [5.41, 5.74) is 1.62. The largest absolute Gasteiger partial charge is 0.497 e. The number of rotatable bonds is 12. The lowest BCUT2D eigenvalue weighted by Gasteiger charge is -2.36. The van der Waals surface area contributed by atoms with Gasteiger partial charge in [-0.1, -0.05) is 56.0 Å². The Labute approximate surface area is 233 Å². The highest BCUT2D eigenvalue weighted by atomic mass is 16.5. The molecule has 0 atom stereocenters. The van der Waals surface area contributed by atoms with E-state index >= 15 is 0 Å². The number of benzene rings is 2. The van der Waals surface area contributed by atoms with Gasteiger partial charge in [-0.2, -0.15) is 0 Å². The van der Waals surface area contributed by atoms with Crippen molar-refractivity contribution in [1.29, 1.82) is 0 Å². The van der Waals surface area contributed by atoms with Crippen molar-refractivity contribution in [2.24, 2.45) is 5.92 Å². The minimum Gasteiger partial charge on any atom is -0.497 e. The van der Waals surface area contributed by atoms with Crippen LogP contribution in [0.1, 0.15) is 54.4 Å². The molecule has 0 spiro atoms. The van der Waals surface area contributed by atoms with Gasteiger partial charge in [0.05, 0.1) is 14.2 Å². The van der Waals surface area contributed by atoms with Crippen LogP contribution >= 0.6 is 0 Å². The van der Waals surface area contributed by atoms with Crippen molar-refractivity contribution in [3.05, 3.63) is 65.7 Å². The molecule has 1 heterocycles. The molecule has 0 radical (unpaired) electrons. The first-order valence-electron chi connectivity index (χ1n) is 14.3. The van der Waals surface area contributed by atoms with Crippen molar-refractivity contribution in [2.45, 2.75) is 38.5 Å². The average Bonchev–Trinajstić information content (AvgIpc) is 3.51. The highest BCUT2D eigenvalue weighted by Crippen LogP contribution is 2.28. The Kier molecular flexibility index (Phi) is 10.8. The van der Waals surface area contributed by atoms with Crippen LogP contribution in [-0.2, 0) is 4.79 Å². The first kappa shape index (κ1) is 28.7. The van der Waals surface area contributed by atoms with E-state index in [4.69, 9.17) is 9.47 Å². The zero-order valence-electron chi connectivity index (χ0n) is 23.5. The number of nitrogens with zero attached hydrogens (tertiary/aromatic N) is 3. The van der Waals surface area contributed by atoms with Crippen LogP contribution in [0.4, 0.5) is 0 Å². The van der Waals surface area contributed by atoms with E-state index in [0.717, 1.165) is 62.1 Å². The summed E-state index contributed by atoms with van der Waals surface area (Å²) >= 11 is 0. The van der Waals surface area contributed by atoms with Crippen LogP contribution in [0.15, 0.2) is 54.6 Å². The SMILES string of the molecule is COc1ccc(C(=O)N(CC=Cc2ccccc2OC)CCN2CCN(C(=O)CCC3CCCC3)CC2)cc1. The van der Waals surface area contributed by atoms with E-state index in [1.54, 1.807) is 14.2 Å². The molecule has 2 fully saturated rings. The number of amides is 2. The van der Waals surface area contributed by atoms with Crippen molar-refractivity contribution >= 4 is 17.9 Å². The second kappa shape index (κ2) is 14.7. The van der Waals surface area contributed by atoms with Crippen LogP contribution in [0.2, 0.25) is 0 Å². The Morgan fingerprint density at radius 2 is 1.67 bits per heavy atom. The Bertz CT molecular complexity index is 1090. The van der Waals surface area contributed by atoms with E-state index in [-0.39, 0.29) is 5.91 Å². The number of hydrogen-bond acceptors (Lipinski definition) is 5. The first-order valence-corrected chi connectivity index (χ1v) is 14.3. The van der Waals surface area contributed by atoms with Crippen LogP contribution in [0.3, 0.4) is 0 Å². The fourth-order valence-electron chi connectivity index (χ4n) is 5.57. The zero-order chi connectivity index (χ0) is 27.5. The van der Waals surface area contributed by atoms with Gasteiger partial charge in [-0.25, -0.2) is 0 Å². The van der Waals surface area contributed by atoms with Gasteiger partial charge >= 0.3 is 0 Å². The van der Waals surface area contributed by atoms with Gasteiger partial charge in [0.25, 0.3) is 5.91 Å². The quantitative estimate of drug-likeness (QED) is 0.385. The Hall–Kier alpha value is -3.32. The van der Waals surface area contributed by atoms with Crippen LogP contribution < -0.4 is 9.47 Å². The average molecular weight is 534 g/mol. The van der Waals surface area contributed by atoms with Gasteiger partial charge in [0, 0.05) is 63.4 Å². The van der Waals surface area contributed by atoms with E-state index in [2.05, 4.69) is 4.90 Å². The second-order valence-corrected chi connectivity index (χ2v) is 10.5. The van der Waals surface area contributed by atoms with E-state index in [1.807, 2.05) is 70.5 Å². The molecule has 0 unspecified atom stereocenters. The molecule has 7 heteroatoms. The molecular weight excluding hydrogens is 490 g/mol. The predicted octanol–water partition coefficient (Wildman–Crippen LogP) is 4.97. The molecule has 0 bridgehead atoms. The minimum absolute atomic E-state index is 0.0111. The third-order valence-electron chi connectivity index (χ3n) is 8.04. The molecule has 2 aromatic rings. The summed E-state index contributed by atoms with van der Waals surface area (Å²) in [7, 11) is 3.28. The molecule has 210 valence electrons. The smallest absolute Gasteiger partial charge is 0.254 e. The summed E-state index contributed by atoms with van der Waals surface area (Å²) in [6.45, 7) is 5.09. The number of carbonyl (C=O) groups is 2. The first-order chi connectivity index (χ1) is 19.1. The van der Waals surface area contributed by atoms with Crippen LogP contribution in [0.5, 0.6) is 11.5 Å². The molecule has 2 aliphatic rings. The Morgan fingerprint density at radius 1 is 0.949 bits per heavy atom. The summed E-state index contributed by atoms with van der Waals surface area (Å²) in [6, 6.07) is 15.1. The predicted molar refractivity (Wildman–Crippen MR) is 155 cm³/mol. The maximum atomic E-state index is 13.5. The number of para-hydroxylation sites is 1. The summed E-state index contributed by atoms with van der Waals surface area (Å²) in [4.78, 5) is 32.5. The van der Waals surface area contributed by atoms with Crippen molar-refractivity contribution in [2.75, 3.05) is 60.0 Å². The number of carbonyl (C=O) groups excluding carboxylic acids is 2. The van der Waals surface area contributed by atoms with Crippen LogP contribution in [0.25, 0.3) is 6.08 Å². The normalized spacial score (nSPS) is 16.5. The molecule has 7 nitrogen and oxygen atoms in total. The Balaban J connectivity index is 1.32. The molecule has 1 saturated carbocycles. The lowest BCUT2D eigenvalue weighted by Crippen LogP contribution is -2.50. The summed E-state index contributed by atoms with van der Waals surface area (Å²) in [5, 5.41) is 0. The second-order valence-electron chi connectivity index (χ2n) is 10.5. The maximum Gasteiger partial charge on any atom is 0.254 e. The molecule has 0 N–H and O–H groups in total. The van der Waals surface area contributed by atoms with Crippen molar-refractivity contribution in [1.82, 2.24) is 14.7 Å². The number of methoxy groups -OCH3 is 2. The summed E-state index contributed by atoms with van der Waals surface area (Å²) in [6.07, 6.45) is 11.0. The molecule has 2 amide bonds. The monoisotopic (exact) mass is 533 g/mol. The third kappa shape index (κ3) is 8.33. The lowest BCUT2D eigenvalue weighted by molar-refractivity contribution is -0.133. The maximum absolute atomic E-state index is 13.5. The van der Waals surface area contributed by atoms with Gasteiger partial charge in [-0.3, -0.25) is 14.5 Å². The van der Waals surface area contributed by atoms with Crippen LogP contribution in [-0.4, -0.2) is 86.5 Å². The minimum atomic E-state index is -0.0111. The number of piperazine rings is 1. The zero-order valence-corrected chi connectivity index (χ0v) is 23.5. The van der Waals surface area contributed by atoms with E-state index < -0.39 is 0 Å². The van der Waals surface area contributed by atoms with Crippen molar-refractivity contribution in [3.63, 3.8) is 0 Å². The number of hydrogen-bond donors (Lipinski definition) is 0. The molecular formula is C32H43N3O4. The fraction of sp³-hybridized carbons (Fsp3) is 0.500. The van der Waals surface area contributed by atoms with Gasteiger partial charge in [-0.05, 0) is 42.7 Å². The standard InChI is InChI=1S/C32H43N3O4/c1-38-29-16-14-28(15-17-29)32(37)35(19-7-11-27-10-5-6-12-30(27)39-2)25-22-33-20-23-34(24-21-33)31(36)18-13-26-8-3-4-9-26/h5-7,10-12,14-17,26H,3-4,8-9,13,18-25H2,1-2H3. The van der Waals surface area contributed by atoms with E-state index in [9.17, 15) is 9.59 Å². The van der Waals surface area contributed by atoms with Gasteiger partial charge < -0.3 is 19.3 Å². The van der Waals surface area contributed by atoms with Crippen molar-refractivity contribution in [3.8, 4) is 11.5 Å². The Morgan fingerprint density at radius 3 is 2.36 bits per heavy atom. The molecule has 1 aliphatic heterocycles. The summed E-state index contributed by atoms with van der Waals surface area (Å²) in [5.74, 6) is 2.58.